The van der Waals surface area contributed by atoms with Gasteiger partial charge in [0.2, 0.25) is 5.43 Å². The molecule has 1 aromatic heterocycles. The highest BCUT2D eigenvalue weighted by atomic mass is 16.4. The monoisotopic (exact) mass is 398 g/mol. The number of aryl methyl sites for hydroxylation is 2. The van der Waals surface area contributed by atoms with Crippen molar-refractivity contribution in [2.45, 2.75) is 66.8 Å². The molecule has 1 aromatic carbocycles. The summed E-state index contributed by atoms with van der Waals surface area (Å²) in [4.78, 5) is 37.9. The number of carboxylic acid groups (broad SMARTS) is 1. The van der Waals surface area contributed by atoms with Crippen molar-refractivity contribution in [2.24, 2.45) is 0 Å². The van der Waals surface area contributed by atoms with Gasteiger partial charge in [-0.15, -0.1) is 0 Å². The third-order valence-corrected chi connectivity index (χ3v) is 5.40. The number of hydrogen-bond donors (Lipinski definition) is 2. The van der Waals surface area contributed by atoms with Crippen LogP contribution >= 0.6 is 0 Å². The lowest BCUT2D eigenvalue weighted by Crippen LogP contribution is -2.32. The van der Waals surface area contributed by atoms with Gasteiger partial charge in [-0.1, -0.05) is 45.4 Å². The van der Waals surface area contributed by atoms with Crippen LogP contribution in [-0.4, -0.2) is 21.6 Å². The van der Waals surface area contributed by atoms with Gasteiger partial charge in [0.25, 0.3) is 5.91 Å². The summed E-state index contributed by atoms with van der Waals surface area (Å²) in [6.45, 7) is 9.92. The average molecular weight is 399 g/mol. The number of unbranched alkanes of at least 4 members (excludes halogenated alkanes) is 1. The maximum atomic E-state index is 13.2. The van der Waals surface area contributed by atoms with Gasteiger partial charge in [-0.2, -0.15) is 0 Å². The molecule has 0 spiro atoms. The summed E-state index contributed by atoms with van der Waals surface area (Å²) in [6, 6.07) is 5.84. The molecule has 0 aliphatic heterocycles. The fourth-order valence-electron chi connectivity index (χ4n) is 3.73. The van der Waals surface area contributed by atoms with Crippen LogP contribution in [0.25, 0.3) is 0 Å². The number of benzene rings is 1. The molecule has 0 saturated carbocycles. The molecule has 1 heterocycles. The standard InChI is InChI=1S/C23H30N2O4/c1-6-9-13-25-14(4)18(21(26)19(15(25)5)23(28)29)22(27)24-20-16(7-2)11-10-12-17(20)8-3/h10-12H,6-9,13H2,1-5H3,(H,24,27)(H,28,29). The Balaban J connectivity index is 2.66. The van der Waals surface area contributed by atoms with Gasteiger partial charge in [0.05, 0.1) is 0 Å². The van der Waals surface area contributed by atoms with Crippen molar-refractivity contribution in [2.75, 3.05) is 5.32 Å². The van der Waals surface area contributed by atoms with Gasteiger partial charge in [0.15, 0.2) is 0 Å². The summed E-state index contributed by atoms with van der Waals surface area (Å²) in [5, 5.41) is 12.5. The van der Waals surface area contributed by atoms with Crippen molar-refractivity contribution in [3.63, 3.8) is 0 Å². The first kappa shape index (κ1) is 22.4. The van der Waals surface area contributed by atoms with Gasteiger partial charge in [-0.3, -0.25) is 9.59 Å². The number of carbonyl (C=O) groups excluding carboxylic acids is 1. The van der Waals surface area contributed by atoms with Gasteiger partial charge in [0.1, 0.15) is 11.1 Å². The van der Waals surface area contributed by atoms with Crippen molar-refractivity contribution in [1.29, 1.82) is 0 Å². The third kappa shape index (κ3) is 4.42. The minimum atomic E-state index is -1.31. The summed E-state index contributed by atoms with van der Waals surface area (Å²) in [5.74, 6) is -1.87. The molecule has 156 valence electrons. The highest BCUT2D eigenvalue weighted by Gasteiger charge is 2.26. The molecule has 0 fully saturated rings. The average Bonchev–Trinajstić information content (AvgIpc) is 2.67. The van der Waals surface area contributed by atoms with E-state index in [1.807, 2.05) is 39.0 Å². The Hall–Kier alpha value is -2.89. The number of nitrogens with one attached hydrogen (secondary N) is 1. The molecule has 0 bridgehead atoms. The Kier molecular flexibility index (Phi) is 7.37. The van der Waals surface area contributed by atoms with Crippen molar-refractivity contribution in [3.05, 3.63) is 62.1 Å². The molecule has 6 nitrogen and oxygen atoms in total. The van der Waals surface area contributed by atoms with E-state index >= 15 is 0 Å². The second-order valence-corrected chi connectivity index (χ2v) is 7.17. The Morgan fingerprint density at radius 2 is 1.55 bits per heavy atom. The fourth-order valence-corrected chi connectivity index (χ4v) is 3.73. The molecule has 6 heteroatoms. The zero-order valence-electron chi connectivity index (χ0n) is 17.9. The van der Waals surface area contributed by atoms with Crippen LogP contribution < -0.4 is 10.7 Å². The predicted molar refractivity (Wildman–Crippen MR) is 115 cm³/mol. The maximum Gasteiger partial charge on any atom is 0.341 e. The summed E-state index contributed by atoms with van der Waals surface area (Å²) >= 11 is 0. The van der Waals surface area contributed by atoms with E-state index in [1.54, 1.807) is 18.4 Å². The number of hydrogen-bond acceptors (Lipinski definition) is 3. The summed E-state index contributed by atoms with van der Waals surface area (Å²) in [7, 11) is 0. The number of anilines is 1. The lowest BCUT2D eigenvalue weighted by molar-refractivity contribution is 0.0693. The van der Waals surface area contributed by atoms with E-state index in [4.69, 9.17) is 0 Å². The molecule has 0 radical (unpaired) electrons. The first-order valence-corrected chi connectivity index (χ1v) is 10.2. The molecule has 29 heavy (non-hydrogen) atoms. The van der Waals surface area contributed by atoms with Gasteiger partial charge < -0.3 is 15.0 Å². The molecule has 1 amide bonds. The van der Waals surface area contributed by atoms with Crippen LogP contribution in [0.1, 0.15) is 76.8 Å². The number of pyridine rings is 1. The fraction of sp³-hybridized carbons (Fsp3) is 0.435. The van der Waals surface area contributed by atoms with E-state index in [9.17, 15) is 19.5 Å². The quantitative estimate of drug-likeness (QED) is 0.692. The van der Waals surface area contributed by atoms with Gasteiger partial charge in [-0.25, -0.2) is 4.79 Å². The topological polar surface area (TPSA) is 88.4 Å². The Morgan fingerprint density at radius 3 is 2.03 bits per heavy atom. The second-order valence-electron chi connectivity index (χ2n) is 7.17. The van der Waals surface area contributed by atoms with Crippen LogP contribution in [0.3, 0.4) is 0 Å². The van der Waals surface area contributed by atoms with Crippen LogP contribution in [0.2, 0.25) is 0 Å². The van der Waals surface area contributed by atoms with E-state index in [-0.39, 0.29) is 11.1 Å². The molecule has 2 aromatic rings. The molecule has 2 N–H and O–H groups in total. The highest BCUT2D eigenvalue weighted by Crippen LogP contribution is 2.24. The van der Waals surface area contributed by atoms with E-state index < -0.39 is 17.3 Å². The van der Waals surface area contributed by atoms with Crippen LogP contribution in [0, 0.1) is 13.8 Å². The lowest BCUT2D eigenvalue weighted by atomic mass is 10.0. The number of amides is 1. The van der Waals surface area contributed by atoms with Gasteiger partial charge in [-0.05, 0) is 44.2 Å². The van der Waals surface area contributed by atoms with Crippen molar-refractivity contribution in [3.8, 4) is 0 Å². The predicted octanol–water partition coefficient (Wildman–Crippen LogP) is 4.34. The zero-order valence-corrected chi connectivity index (χ0v) is 17.9. The summed E-state index contributed by atoms with van der Waals surface area (Å²) < 4.78 is 1.77. The van der Waals surface area contributed by atoms with Crippen molar-refractivity contribution in [1.82, 2.24) is 4.57 Å². The summed E-state index contributed by atoms with van der Waals surface area (Å²) in [5.41, 5.74) is 2.38. The van der Waals surface area contributed by atoms with E-state index in [2.05, 4.69) is 5.32 Å². The minimum absolute atomic E-state index is 0.0999. The Labute approximate surface area is 171 Å². The number of aromatic carboxylic acids is 1. The van der Waals surface area contributed by atoms with Crippen LogP contribution in [0.5, 0.6) is 0 Å². The van der Waals surface area contributed by atoms with Crippen LogP contribution in [0.4, 0.5) is 5.69 Å². The number of nitrogens with zero attached hydrogens (tertiary/aromatic N) is 1. The molecule has 0 atom stereocenters. The number of para-hydroxylation sites is 1. The van der Waals surface area contributed by atoms with E-state index in [0.717, 1.165) is 36.8 Å². The Bertz CT molecular complexity index is 967. The van der Waals surface area contributed by atoms with E-state index in [1.165, 1.54) is 0 Å². The van der Waals surface area contributed by atoms with Gasteiger partial charge >= 0.3 is 5.97 Å². The van der Waals surface area contributed by atoms with Crippen molar-refractivity contribution >= 4 is 17.6 Å². The molecule has 2 rings (SSSR count). The number of rotatable bonds is 8. The third-order valence-electron chi connectivity index (χ3n) is 5.40. The molecular formula is C23H30N2O4. The SMILES string of the molecule is CCCCn1c(C)c(C(=O)O)c(=O)c(C(=O)Nc2c(CC)cccc2CC)c1C. The number of carboxylic acids is 1. The first-order valence-electron chi connectivity index (χ1n) is 10.2. The van der Waals surface area contributed by atoms with E-state index in [0.29, 0.717) is 23.6 Å². The lowest BCUT2D eigenvalue weighted by Gasteiger charge is -2.20. The number of carbonyl (C=O) groups is 2. The second kappa shape index (κ2) is 9.54. The number of aromatic nitrogens is 1. The minimum Gasteiger partial charge on any atom is -0.477 e. The molecule has 0 aliphatic carbocycles. The zero-order chi connectivity index (χ0) is 21.7. The van der Waals surface area contributed by atoms with Crippen LogP contribution in [-0.2, 0) is 19.4 Å². The van der Waals surface area contributed by atoms with Crippen molar-refractivity contribution < 1.29 is 14.7 Å². The Morgan fingerprint density at radius 1 is 1.00 bits per heavy atom. The normalized spacial score (nSPS) is 10.8. The largest absolute Gasteiger partial charge is 0.477 e. The molecule has 0 aliphatic rings. The molecule has 0 unspecified atom stereocenters. The molecular weight excluding hydrogens is 368 g/mol. The summed E-state index contributed by atoms with van der Waals surface area (Å²) in [6.07, 6.45) is 3.21. The van der Waals surface area contributed by atoms with Gasteiger partial charge in [0, 0.05) is 23.6 Å². The molecule has 0 saturated heterocycles. The van der Waals surface area contributed by atoms with Crippen LogP contribution in [0.15, 0.2) is 23.0 Å². The smallest absolute Gasteiger partial charge is 0.341 e. The maximum absolute atomic E-state index is 13.2. The first-order chi connectivity index (χ1) is 13.8. The highest BCUT2D eigenvalue weighted by molar-refractivity contribution is 6.07.